The summed E-state index contributed by atoms with van der Waals surface area (Å²) in [5, 5.41) is 23.1. The fraction of sp³-hybridized carbons (Fsp3) is 0.400. The van der Waals surface area contributed by atoms with Crippen molar-refractivity contribution in [3.05, 3.63) is 29.3 Å². The number of amides is 1. The number of aliphatic hydroxyl groups is 1. The molecule has 1 saturated heterocycles. The fourth-order valence-corrected chi connectivity index (χ4v) is 2.93. The summed E-state index contributed by atoms with van der Waals surface area (Å²) in [5.74, 6) is -0.00329. The molecule has 0 aromatic heterocycles. The Balaban J connectivity index is 2.08. The number of benzene rings is 1. The number of aliphatic hydroxyl groups excluding tert-OH is 1. The highest BCUT2D eigenvalue weighted by molar-refractivity contribution is 6.02. The average molecular weight is 290 g/mol. The van der Waals surface area contributed by atoms with E-state index in [9.17, 15) is 15.0 Å². The summed E-state index contributed by atoms with van der Waals surface area (Å²) in [7, 11) is 1.43. The van der Waals surface area contributed by atoms with Crippen LogP contribution in [0.3, 0.4) is 0 Å². The second-order valence-corrected chi connectivity index (χ2v) is 5.31. The molecule has 0 unspecified atom stereocenters. The number of nitrogens with one attached hydrogen (secondary N) is 1. The number of phenolic OH excluding ortho intramolecular Hbond substituents is 1. The van der Waals surface area contributed by atoms with Crippen molar-refractivity contribution in [2.24, 2.45) is 0 Å². The van der Waals surface area contributed by atoms with Crippen LogP contribution in [0.2, 0.25) is 0 Å². The molecule has 0 radical (unpaired) electrons. The van der Waals surface area contributed by atoms with E-state index < -0.39 is 6.23 Å². The van der Waals surface area contributed by atoms with Crippen LogP contribution in [-0.2, 0) is 0 Å². The number of ether oxygens (including phenoxy) is 1. The first kappa shape index (κ1) is 13.8. The first-order valence-electron chi connectivity index (χ1n) is 6.85. The molecule has 0 aliphatic carbocycles. The lowest BCUT2D eigenvalue weighted by Crippen LogP contribution is -2.43. The number of hydrogen-bond donors (Lipinski definition) is 3. The Morgan fingerprint density at radius 1 is 1.48 bits per heavy atom. The van der Waals surface area contributed by atoms with E-state index in [1.54, 1.807) is 4.90 Å². The van der Waals surface area contributed by atoms with Gasteiger partial charge >= 0.3 is 0 Å². The van der Waals surface area contributed by atoms with Gasteiger partial charge in [0.15, 0.2) is 11.5 Å². The lowest BCUT2D eigenvalue weighted by atomic mass is 10.1. The number of carbonyl (C=O) groups excluding carboxylic acids is 1. The minimum atomic E-state index is -0.875. The Morgan fingerprint density at radius 2 is 2.24 bits per heavy atom. The van der Waals surface area contributed by atoms with E-state index in [0.717, 1.165) is 5.57 Å². The third kappa shape index (κ3) is 2.12. The second kappa shape index (κ2) is 4.96. The van der Waals surface area contributed by atoms with Gasteiger partial charge in [-0.2, -0.15) is 0 Å². The van der Waals surface area contributed by atoms with Gasteiger partial charge in [-0.1, -0.05) is 11.6 Å². The Bertz CT molecular complexity index is 626. The van der Waals surface area contributed by atoms with Crippen molar-refractivity contribution in [3.8, 4) is 11.5 Å². The van der Waals surface area contributed by atoms with Crippen LogP contribution >= 0.6 is 0 Å². The number of nitrogens with zero attached hydrogens (tertiary/aromatic N) is 1. The van der Waals surface area contributed by atoms with Gasteiger partial charge in [0.1, 0.15) is 6.23 Å². The van der Waals surface area contributed by atoms with Gasteiger partial charge in [0.2, 0.25) is 0 Å². The number of fused-ring (bicyclic) bond motifs is 2. The highest BCUT2D eigenvalue weighted by atomic mass is 16.5. The molecular weight excluding hydrogens is 272 g/mol. The van der Waals surface area contributed by atoms with E-state index in [2.05, 4.69) is 5.32 Å². The predicted molar refractivity (Wildman–Crippen MR) is 77.5 cm³/mol. The van der Waals surface area contributed by atoms with E-state index in [1.807, 2.05) is 13.0 Å². The molecule has 2 aliphatic rings. The third-order valence-electron chi connectivity index (χ3n) is 4.13. The average Bonchev–Trinajstić information content (AvgIpc) is 2.87. The van der Waals surface area contributed by atoms with Crippen LogP contribution in [0, 0.1) is 0 Å². The van der Waals surface area contributed by atoms with Crippen molar-refractivity contribution in [2.75, 3.05) is 19.0 Å². The Labute approximate surface area is 122 Å². The minimum Gasteiger partial charge on any atom is -0.504 e. The maximum absolute atomic E-state index is 12.7. The highest BCUT2D eigenvalue weighted by Crippen LogP contribution is 2.38. The normalized spacial score (nSPS) is 26.1. The molecule has 2 aliphatic heterocycles. The summed E-state index contributed by atoms with van der Waals surface area (Å²) < 4.78 is 5.06. The van der Waals surface area contributed by atoms with Crippen LogP contribution in [0.15, 0.2) is 23.8 Å². The Morgan fingerprint density at radius 3 is 2.90 bits per heavy atom. The number of hydrogen-bond acceptors (Lipinski definition) is 5. The number of carbonyl (C=O) groups is 1. The zero-order valence-electron chi connectivity index (χ0n) is 12.0. The molecule has 21 heavy (non-hydrogen) atoms. The number of rotatable bonds is 1. The van der Waals surface area contributed by atoms with Gasteiger partial charge in [0.05, 0.1) is 24.4 Å². The SMILES string of the molecule is C/C=C1\C[C@H]2[C@@H](O)Nc3cc(O)c(OC)cc3C(=O)N2C1. The molecule has 2 atom stereocenters. The van der Waals surface area contributed by atoms with Crippen LogP contribution in [0.4, 0.5) is 5.69 Å². The molecule has 6 heteroatoms. The van der Waals surface area contributed by atoms with Gasteiger partial charge in [-0.25, -0.2) is 0 Å². The Kier molecular flexibility index (Phi) is 3.25. The molecule has 112 valence electrons. The maximum Gasteiger partial charge on any atom is 0.256 e. The topological polar surface area (TPSA) is 82.0 Å². The van der Waals surface area contributed by atoms with Crippen molar-refractivity contribution in [3.63, 3.8) is 0 Å². The van der Waals surface area contributed by atoms with Crippen LogP contribution in [0.5, 0.6) is 11.5 Å². The summed E-state index contributed by atoms with van der Waals surface area (Å²) in [6.45, 7) is 2.45. The molecule has 1 fully saturated rings. The molecule has 6 nitrogen and oxygen atoms in total. The standard InChI is InChI=1S/C15H18N2O4/c1-3-8-4-11-14(19)16-10-6-12(18)13(21-2)5-9(10)15(20)17(11)7-8/h3,5-6,11,14,16,18-19H,4,7H2,1-2H3/b8-3+/t11-,14+/m0/s1. The zero-order chi connectivity index (χ0) is 15.1. The number of anilines is 1. The van der Waals surface area contributed by atoms with Gasteiger partial charge in [-0.05, 0) is 19.4 Å². The second-order valence-electron chi connectivity index (χ2n) is 5.31. The first-order chi connectivity index (χ1) is 10.0. The van der Waals surface area contributed by atoms with E-state index >= 15 is 0 Å². The largest absolute Gasteiger partial charge is 0.504 e. The highest BCUT2D eigenvalue weighted by Gasteiger charge is 2.40. The van der Waals surface area contributed by atoms with E-state index in [1.165, 1.54) is 19.2 Å². The van der Waals surface area contributed by atoms with Crippen LogP contribution in [0.25, 0.3) is 0 Å². The maximum atomic E-state index is 12.7. The molecule has 2 heterocycles. The molecule has 0 saturated carbocycles. The minimum absolute atomic E-state index is 0.0695. The number of allylic oxidation sites excluding steroid dienone is 1. The first-order valence-corrected chi connectivity index (χ1v) is 6.85. The third-order valence-corrected chi connectivity index (χ3v) is 4.13. The monoisotopic (exact) mass is 290 g/mol. The summed E-state index contributed by atoms with van der Waals surface area (Å²) in [4.78, 5) is 14.4. The van der Waals surface area contributed by atoms with Crippen molar-refractivity contribution in [2.45, 2.75) is 25.6 Å². The van der Waals surface area contributed by atoms with Gasteiger partial charge in [0, 0.05) is 12.6 Å². The van der Waals surface area contributed by atoms with Gasteiger partial charge < -0.3 is 25.2 Å². The summed E-state index contributed by atoms with van der Waals surface area (Å²) in [5.41, 5.74) is 1.94. The van der Waals surface area contributed by atoms with Gasteiger partial charge in [0.25, 0.3) is 5.91 Å². The van der Waals surface area contributed by atoms with Crippen LogP contribution < -0.4 is 10.1 Å². The van der Waals surface area contributed by atoms with E-state index in [0.29, 0.717) is 24.2 Å². The summed E-state index contributed by atoms with van der Waals surface area (Å²) >= 11 is 0. The quantitative estimate of drug-likeness (QED) is 0.679. The molecule has 3 N–H and O–H groups in total. The lowest BCUT2D eigenvalue weighted by molar-refractivity contribution is 0.0582. The summed E-state index contributed by atoms with van der Waals surface area (Å²) in [6.07, 6.45) is 1.75. The van der Waals surface area contributed by atoms with Crippen LogP contribution in [-0.4, -0.2) is 46.9 Å². The summed E-state index contributed by atoms with van der Waals surface area (Å²) in [6, 6.07) is 2.61. The van der Waals surface area contributed by atoms with Crippen molar-refractivity contribution >= 4 is 11.6 Å². The molecule has 0 spiro atoms. The van der Waals surface area contributed by atoms with Crippen LogP contribution in [0.1, 0.15) is 23.7 Å². The number of methoxy groups -OCH3 is 1. The van der Waals surface area contributed by atoms with Gasteiger partial charge in [-0.3, -0.25) is 4.79 Å². The molecule has 1 aromatic carbocycles. The van der Waals surface area contributed by atoms with E-state index in [-0.39, 0.29) is 23.4 Å². The smallest absolute Gasteiger partial charge is 0.256 e. The molecule has 1 aromatic rings. The number of aromatic hydroxyl groups is 1. The van der Waals surface area contributed by atoms with Crippen molar-refractivity contribution < 1.29 is 19.7 Å². The molecule has 0 bridgehead atoms. The molecular formula is C15H18N2O4. The Hall–Kier alpha value is -2.21. The van der Waals surface area contributed by atoms with Crippen molar-refractivity contribution in [1.29, 1.82) is 0 Å². The fourth-order valence-electron chi connectivity index (χ4n) is 2.93. The molecule has 1 amide bonds. The zero-order valence-corrected chi connectivity index (χ0v) is 12.0. The number of phenols is 1. The predicted octanol–water partition coefficient (Wildman–Crippen LogP) is 1.31. The lowest BCUT2D eigenvalue weighted by Gasteiger charge is -2.24. The van der Waals surface area contributed by atoms with Crippen molar-refractivity contribution in [1.82, 2.24) is 4.90 Å². The van der Waals surface area contributed by atoms with E-state index in [4.69, 9.17) is 4.74 Å². The van der Waals surface area contributed by atoms with Gasteiger partial charge in [-0.15, -0.1) is 0 Å². The molecule has 3 rings (SSSR count).